The summed E-state index contributed by atoms with van der Waals surface area (Å²) >= 11 is 0. The smallest absolute Gasteiger partial charge is 0.258 e. The number of ether oxygens (including phenoxy) is 1. The van der Waals surface area contributed by atoms with E-state index in [1.54, 1.807) is 7.11 Å². The van der Waals surface area contributed by atoms with Gasteiger partial charge in [0.1, 0.15) is 22.9 Å². The van der Waals surface area contributed by atoms with E-state index in [1.165, 1.54) is 0 Å². The lowest BCUT2D eigenvalue weighted by atomic mass is 9.96. The highest BCUT2D eigenvalue weighted by atomic mass is 16.5. The fourth-order valence-electron chi connectivity index (χ4n) is 4.30. The normalized spacial score (nSPS) is 17.2. The molecular formula is C23H23N3O3. The molecule has 2 aromatic heterocycles. The molecule has 1 fully saturated rings. The molecule has 29 heavy (non-hydrogen) atoms. The number of methoxy groups -OCH3 is 1. The van der Waals surface area contributed by atoms with Gasteiger partial charge in [-0.15, -0.1) is 0 Å². The molecule has 0 radical (unpaired) electrons. The van der Waals surface area contributed by atoms with Gasteiger partial charge in [0.05, 0.1) is 23.7 Å². The van der Waals surface area contributed by atoms with E-state index in [2.05, 4.69) is 4.98 Å². The number of likely N-dealkylation sites (tertiary alicyclic amines) is 1. The Morgan fingerprint density at radius 2 is 2.14 bits per heavy atom. The van der Waals surface area contributed by atoms with Gasteiger partial charge in [0.15, 0.2) is 0 Å². The number of aryl methyl sites for hydroxylation is 1. The number of imidazole rings is 1. The number of amides is 1. The maximum Gasteiger partial charge on any atom is 0.258 e. The number of piperidine rings is 1. The summed E-state index contributed by atoms with van der Waals surface area (Å²) in [6.45, 7) is 3.24. The number of furan rings is 1. The van der Waals surface area contributed by atoms with Gasteiger partial charge in [0.25, 0.3) is 5.91 Å². The van der Waals surface area contributed by atoms with Gasteiger partial charge in [-0.3, -0.25) is 4.79 Å². The number of para-hydroxylation sites is 2. The minimum atomic E-state index is 0.00955. The molecule has 4 aromatic rings. The van der Waals surface area contributed by atoms with Crippen molar-refractivity contribution in [3.63, 3.8) is 0 Å². The molecule has 148 valence electrons. The first kappa shape index (κ1) is 17.8. The molecule has 0 aliphatic carbocycles. The Kier molecular flexibility index (Phi) is 4.27. The van der Waals surface area contributed by atoms with E-state index in [9.17, 15) is 4.79 Å². The first-order valence-corrected chi connectivity index (χ1v) is 9.95. The van der Waals surface area contributed by atoms with Crippen molar-refractivity contribution in [1.29, 1.82) is 0 Å². The second-order valence-corrected chi connectivity index (χ2v) is 7.62. The van der Waals surface area contributed by atoms with Gasteiger partial charge < -0.3 is 19.0 Å². The third-order valence-corrected chi connectivity index (χ3v) is 5.79. The number of fused-ring (bicyclic) bond motifs is 2. The van der Waals surface area contributed by atoms with Crippen LogP contribution >= 0.6 is 0 Å². The highest BCUT2D eigenvalue weighted by Gasteiger charge is 2.30. The van der Waals surface area contributed by atoms with Crippen LogP contribution in [0.5, 0.6) is 5.75 Å². The van der Waals surface area contributed by atoms with Crippen LogP contribution in [0.2, 0.25) is 0 Å². The van der Waals surface area contributed by atoms with Crippen LogP contribution in [-0.4, -0.2) is 41.0 Å². The second kappa shape index (κ2) is 6.95. The molecule has 0 saturated carbocycles. The van der Waals surface area contributed by atoms with Crippen LogP contribution in [0.4, 0.5) is 0 Å². The molecule has 1 saturated heterocycles. The van der Waals surface area contributed by atoms with Crippen molar-refractivity contribution in [2.75, 3.05) is 20.2 Å². The minimum Gasteiger partial charge on any atom is -0.497 e. The van der Waals surface area contributed by atoms with Crippen molar-refractivity contribution < 1.29 is 13.9 Å². The first-order chi connectivity index (χ1) is 14.1. The van der Waals surface area contributed by atoms with Crippen LogP contribution in [0.3, 0.4) is 0 Å². The predicted molar refractivity (Wildman–Crippen MR) is 111 cm³/mol. The molecule has 6 heteroatoms. The van der Waals surface area contributed by atoms with E-state index in [-0.39, 0.29) is 11.8 Å². The van der Waals surface area contributed by atoms with Gasteiger partial charge in [-0.25, -0.2) is 4.98 Å². The highest BCUT2D eigenvalue weighted by molar-refractivity contribution is 6.07. The van der Waals surface area contributed by atoms with Gasteiger partial charge in [-0.2, -0.15) is 0 Å². The zero-order valence-corrected chi connectivity index (χ0v) is 16.6. The predicted octanol–water partition coefficient (Wildman–Crippen LogP) is 4.65. The monoisotopic (exact) mass is 389 g/mol. The zero-order chi connectivity index (χ0) is 20.0. The van der Waals surface area contributed by atoms with E-state index in [4.69, 9.17) is 14.1 Å². The topological polar surface area (TPSA) is 71.4 Å². The molecule has 0 bridgehead atoms. The largest absolute Gasteiger partial charge is 0.497 e. The molecule has 2 aromatic carbocycles. The molecule has 3 heterocycles. The van der Waals surface area contributed by atoms with Crippen LogP contribution < -0.4 is 4.74 Å². The number of nitrogens with one attached hydrogen (secondary N) is 1. The van der Waals surface area contributed by atoms with Crippen molar-refractivity contribution in [2.24, 2.45) is 0 Å². The van der Waals surface area contributed by atoms with E-state index >= 15 is 0 Å². The SMILES string of the molecule is COc1ccc2oc(C)c(C(=O)N3CCCC(c4nc5ccccc5[nH]4)C3)c2c1. The van der Waals surface area contributed by atoms with Crippen molar-refractivity contribution in [2.45, 2.75) is 25.7 Å². The molecule has 1 atom stereocenters. The van der Waals surface area contributed by atoms with Crippen LogP contribution in [0.15, 0.2) is 46.9 Å². The van der Waals surface area contributed by atoms with Gasteiger partial charge in [0, 0.05) is 24.4 Å². The summed E-state index contributed by atoms with van der Waals surface area (Å²) in [6.07, 6.45) is 1.97. The van der Waals surface area contributed by atoms with E-state index < -0.39 is 0 Å². The fourth-order valence-corrected chi connectivity index (χ4v) is 4.30. The number of H-pyrrole nitrogens is 1. The Morgan fingerprint density at radius 1 is 1.28 bits per heavy atom. The fraction of sp³-hybridized carbons (Fsp3) is 0.304. The van der Waals surface area contributed by atoms with Crippen LogP contribution in [0.25, 0.3) is 22.0 Å². The van der Waals surface area contributed by atoms with Crippen molar-refractivity contribution in [3.8, 4) is 5.75 Å². The number of carbonyl (C=O) groups excluding carboxylic acids is 1. The van der Waals surface area contributed by atoms with Gasteiger partial charge in [0.2, 0.25) is 0 Å². The van der Waals surface area contributed by atoms with Crippen LogP contribution in [0, 0.1) is 6.92 Å². The van der Waals surface area contributed by atoms with Crippen molar-refractivity contribution in [3.05, 3.63) is 59.6 Å². The third kappa shape index (κ3) is 3.05. The zero-order valence-electron chi connectivity index (χ0n) is 16.6. The minimum absolute atomic E-state index is 0.00955. The van der Waals surface area contributed by atoms with E-state index in [0.717, 1.165) is 41.6 Å². The molecule has 1 amide bonds. The lowest BCUT2D eigenvalue weighted by molar-refractivity contribution is 0.0705. The number of carbonyl (C=O) groups is 1. The number of nitrogens with zero attached hydrogens (tertiary/aromatic N) is 2. The number of rotatable bonds is 3. The molecule has 1 aliphatic rings. The summed E-state index contributed by atoms with van der Waals surface area (Å²) in [4.78, 5) is 23.6. The third-order valence-electron chi connectivity index (χ3n) is 5.79. The molecule has 5 rings (SSSR count). The summed E-state index contributed by atoms with van der Waals surface area (Å²) < 4.78 is 11.2. The number of aromatic nitrogens is 2. The molecule has 0 spiro atoms. The Hall–Kier alpha value is -3.28. The summed E-state index contributed by atoms with van der Waals surface area (Å²) in [7, 11) is 1.62. The number of benzene rings is 2. The van der Waals surface area contributed by atoms with Crippen molar-refractivity contribution >= 4 is 27.9 Å². The number of hydrogen-bond acceptors (Lipinski definition) is 4. The van der Waals surface area contributed by atoms with Crippen LogP contribution in [-0.2, 0) is 0 Å². The van der Waals surface area contributed by atoms with Crippen molar-refractivity contribution in [1.82, 2.24) is 14.9 Å². The first-order valence-electron chi connectivity index (χ1n) is 9.95. The molecular weight excluding hydrogens is 366 g/mol. The van der Waals surface area contributed by atoms with Gasteiger partial charge in [-0.05, 0) is 50.1 Å². The molecule has 1 aliphatic heterocycles. The summed E-state index contributed by atoms with van der Waals surface area (Å²) in [5.41, 5.74) is 3.34. The van der Waals surface area contributed by atoms with E-state index in [0.29, 0.717) is 29.2 Å². The quantitative estimate of drug-likeness (QED) is 0.554. The second-order valence-electron chi connectivity index (χ2n) is 7.62. The average Bonchev–Trinajstić information content (AvgIpc) is 3.33. The Bertz CT molecular complexity index is 1170. The lowest BCUT2D eigenvalue weighted by Crippen LogP contribution is -2.39. The molecule has 1 N–H and O–H groups in total. The van der Waals surface area contributed by atoms with E-state index in [1.807, 2.05) is 54.3 Å². The standard InChI is InChI=1S/C23H23N3O3/c1-14-21(17-12-16(28-2)9-10-20(17)29-14)23(27)26-11-5-6-15(13-26)22-24-18-7-3-4-8-19(18)25-22/h3-4,7-10,12,15H,5-6,11,13H2,1-2H3,(H,24,25). The number of hydrogen-bond donors (Lipinski definition) is 1. The van der Waals surface area contributed by atoms with Gasteiger partial charge >= 0.3 is 0 Å². The molecule has 1 unspecified atom stereocenters. The van der Waals surface area contributed by atoms with Gasteiger partial charge in [-0.1, -0.05) is 12.1 Å². The van der Waals surface area contributed by atoms with Crippen LogP contribution in [0.1, 0.15) is 40.7 Å². The number of aromatic amines is 1. The Balaban J connectivity index is 1.45. The Labute approximate surface area is 168 Å². The highest BCUT2D eigenvalue weighted by Crippen LogP contribution is 2.32. The lowest BCUT2D eigenvalue weighted by Gasteiger charge is -2.31. The molecule has 6 nitrogen and oxygen atoms in total. The summed E-state index contributed by atoms with van der Waals surface area (Å²) in [5, 5.41) is 0.803. The average molecular weight is 389 g/mol. The summed E-state index contributed by atoms with van der Waals surface area (Å²) in [6, 6.07) is 13.6. The maximum atomic E-state index is 13.4. The Morgan fingerprint density at radius 3 is 2.97 bits per heavy atom. The summed E-state index contributed by atoms with van der Waals surface area (Å²) in [5.74, 6) is 2.53. The maximum absolute atomic E-state index is 13.4.